The normalized spacial score (nSPS) is 10.5. The molecule has 0 bridgehead atoms. The Labute approximate surface area is 133 Å². The molecule has 0 aromatic heterocycles. The van der Waals surface area contributed by atoms with Gasteiger partial charge in [-0.25, -0.2) is 4.79 Å². The van der Waals surface area contributed by atoms with Crippen LogP contribution >= 0.6 is 0 Å². The van der Waals surface area contributed by atoms with E-state index in [4.69, 9.17) is 9.47 Å². The summed E-state index contributed by atoms with van der Waals surface area (Å²) in [5.41, 5.74) is 0.809. The quantitative estimate of drug-likeness (QED) is 0.463. The van der Waals surface area contributed by atoms with Crippen LogP contribution in [0.15, 0.2) is 54.6 Å². The fraction of sp³-hybridized carbons (Fsp3) is 0.118. The molecule has 0 atom stereocenters. The summed E-state index contributed by atoms with van der Waals surface area (Å²) < 4.78 is 10.1. The summed E-state index contributed by atoms with van der Waals surface area (Å²) in [4.78, 5) is 22.3. The van der Waals surface area contributed by atoms with Gasteiger partial charge >= 0.3 is 5.97 Å². The molecule has 0 aliphatic carbocycles. The molecule has 0 N–H and O–H groups in total. The van der Waals surface area contributed by atoms with Crippen LogP contribution in [0.2, 0.25) is 0 Å². The van der Waals surface area contributed by atoms with E-state index in [-0.39, 0.29) is 23.6 Å². The zero-order chi connectivity index (χ0) is 16.7. The highest BCUT2D eigenvalue weighted by atomic mass is 16.6. The van der Waals surface area contributed by atoms with Gasteiger partial charge in [-0.15, -0.1) is 0 Å². The molecule has 23 heavy (non-hydrogen) atoms. The summed E-state index contributed by atoms with van der Waals surface area (Å²) in [6.07, 6.45) is 3.51. The molecule has 2 rings (SSSR count). The van der Waals surface area contributed by atoms with Gasteiger partial charge in [-0.2, -0.15) is 0 Å². The summed E-state index contributed by atoms with van der Waals surface area (Å²) >= 11 is 0. The predicted molar refractivity (Wildman–Crippen MR) is 85.4 cm³/mol. The maximum Gasteiger partial charge on any atom is 0.342 e. The van der Waals surface area contributed by atoms with E-state index in [1.807, 2.05) is 36.4 Å². The molecule has 0 saturated heterocycles. The van der Waals surface area contributed by atoms with Gasteiger partial charge in [0.2, 0.25) is 0 Å². The van der Waals surface area contributed by atoms with E-state index in [0.29, 0.717) is 0 Å². The molecule has 0 saturated carbocycles. The molecule has 0 fully saturated rings. The second-order valence-electron chi connectivity index (χ2n) is 4.55. The van der Waals surface area contributed by atoms with Crippen LogP contribution in [0.1, 0.15) is 15.9 Å². The first-order chi connectivity index (χ1) is 11.1. The summed E-state index contributed by atoms with van der Waals surface area (Å²) in [6.45, 7) is 0.0551. The number of carbonyl (C=O) groups is 1. The van der Waals surface area contributed by atoms with E-state index in [2.05, 4.69) is 0 Å². The van der Waals surface area contributed by atoms with Crippen LogP contribution in [0.5, 0.6) is 5.75 Å². The fourth-order valence-corrected chi connectivity index (χ4v) is 1.92. The Kier molecular flexibility index (Phi) is 5.46. The Morgan fingerprint density at radius 2 is 1.96 bits per heavy atom. The monoisotopic (exact) mass is 313 g/mol. The molecule has 0 amide bonds. The number of benzene rings is 2. The minimum atomic E-state index is -0.678. The molecule has 0 radical (unpaired) electrons. The van der Waals surface area contributed by atoms with E-state index < -0.39 is 10.9 Å². The SMILES string of the molecule is COc1ccc([N+](=O)[O-])cc1C(=O)OC/C=C/c1ccccc1. The topological polar surface area (TPSA) is 78.7 Å². The van der Waals surface area contributed by atoms with Gasteiger partial charge in [0.15, 0.2) is 0 Å². The third-order valence-corrected chi connectivity index (χ3v) is 3.03. The Bertz CT molecular complexity index is 725. The van der Waals surface area contributed by atoms with Crippen molar-refractivity contribution in [3.63, 3.8) is 0 Å². The van der Waals surface area contributed by atoms with Crippen LogP contribution < -0.4 is 4.74 Å². The van der Waals surface area contributed by atoms with Crippen molar-refractivity contribution in [3.8, 4) is 5.75 Å². The summed E-state index contributed by atoms with van der Waals surface area (Å²) in [5, 5.41) is 10.8. The lowest BCUT2D eigenvalue weighted by molar-refractivity contribution is -0.384. The predicted octanol–water partition coefficient (Wildman–Crippen LogP) is 3.47. The number of carbonyl (C=O) groups excluding carboxylic acids is 1. The van der Waals surface area contributed by atoms with Crippen LogP contribution in [0, 0.1) is 10.1 Å². The lowest BCUT2D eigenvalue weighted by Crippen LogP contribution is -2.07. The first-order valence-electron chi connectivity index (χ1n) is 6.83. The molecule has 2 aromatic carbocycles. The smallest absolute Gasteiger partial charge is 0.342 e. The highest BCUT2D eigenvalue weighted by Crippen LogP contribution is 2.24. The Morgan fingerprint density at radius 3 is 2.61 bits per heavy atom. The molecule has 0 heterocycles. The highest BCUT2D eigenvalue weighted by molar-refractivity contribution is 5.93. The number of nitro benzene ring substituents is 1. The number of ether oxygens (including phenoxy) is 2. The molecular formula is C17H15NO5. The van der Waals surface area contributed by atoms with Crippen molar-refractivity contribution in [2.45, 2.75) is 0 Å². The van der Waals surface area contributed by atoms with Crippen molar-refractivity contribution in [2.24, 2.45) is 0 Å². The molecule has 0 aliphatic heterocycles. The number of hydrogen-bond donors (Lipinski definition) is 0. The first-order valence-corrected chi connectivity index (χ1v) is 6.83. The summed E-state index contributed by atoms with van der Waals surface area (Å²) in [5.74, 6) is -0.448. The molecule has 118 valence electrons. The van der Waals surface area contributed by atoms with Gasteiger partial charge in [-0.3, -0.25) is 10.1 Å². The van der Waals surface area contributed by atoms with Gasteiger partial charge < -0.3 is 9.47 Å². The second kappa shape index (κ2) is 7.74. The minimum absolute atomic E-state index is 0.0230. The Hall–Kier alpha value is -3.15. The highest BCUT2D eigenvalue weighted by Gasteiger charge is 2.18. The lowest BCUT2D eigenvalue weighted by Gasteiger charge is -2.07. The number of non-ortho nitro benzene ring substituents is 1. The minimum Gasteiger partial charge on any atom is -0.496 e. The van der Waals surface area contributed by atoms with E-state index in [0.717, 1.165) is 11.6 Å². The molecule has 6 heteroatoms. The van der Waals surface area contributed by atoms with Gasteiger partial charge in [0.1, 0.15) is 17.9 Å². The number of methoxy groups -OCH3 is 1. The van der Waals surface area contributed by atoms with Crippen molar-refractivity contribution in [1.82, 2.24) is 0 Å². The molecule has 0 aliphatic rings. The zero-order valence-corrected chi connectivity index (χ0v) is 12.5. The fourth-order valence-electron chi connectivity index (χ4n) is 1.92. The van der Waals surface area contributed by atoms with Gasteiger partial charge in [0.05, 0.1) is 12.0 Å². The van der Waals surface area contributed by atoms with Crippen molar-refractivity contribution in [1.29, 1.82) is 0 Å². The van der Waals surface area contributed by atoms with E-state index in [1.54, 1.807) is 6.08 Å². The third kappa shape index (κ3) is 4.41. The number of nitrogens with zero attached hydrogens (tertiary/aromatic N) is 1. The zero-order valence-electron chi connectivity index (χ0n) is 12.5. The van der Waals surface area contributed by atoms with E-state index >= 15 is 0 Å². The largest absolute Gasteiger partial charge is 0.496 e. The van der Waals surface area contributed by atoms with Gasteiger partial charge in [0.25, 0.3) is 5.69 Å². The number of nitro groups is 1. The van der Waals surface area contributed by atoms with Crippen molar-refractivity contribution in [2.75, 3.05) is 13.7 Å². The van der Waals surface area contributed by atoms with E-state index in [1.165, 1.54) is 19.2 Å². The van der Waals surface area contributed by atoms with Gasteiger partial charge in [-0.1, -0.05) is 36.4 Å². The van der Waals surface area contributed by atoms with Crippen LogP contribution in [-0.4, -0.2) is 24.6 Å². The van der Waals surface area contributed by atoms with Gasteiger partial charge in [0, 0.05) is 12.1 Å². The van der Waals surface area contributed by atoms with Gasteiger partial charge in [-0.05, 0) is 17.7 Å². The number of rotatable bonds is 6. The third-order valence-electron chi connectivity index (χ3n) is 3.03. The lowest BCUT2D eigenvalue weighted by atomic mass is 10.2. The Morgan fingerprint density at radius 1 is 1.22 bits per heavy atom. The average Bonchev–Trinajstić information content (AvgIpc) is 2.58. The maximum atomic E-state index is 12.1. The van der Waals surface area contributed by atoms with E-state index in [9.17, 15) is 14.9 Å². The molecule has 6 nitrogen and oxygen atoms in total. The van der Waals surface area contributed by atoms with Crippen LogP contribution in [0.3, 0.4) is 0 Å². The average molecular weight is 313 g/mol. The molecular weight excluding hydrogens is 298 g/mol. The van der Waals surface area contributed by atoms with Crippen LogP contribution in [-0.2, 0) is 4.74 Å². The molecule has 2 aromatic rings. The van der Waals surface area contributed by atoms with Crippen LogP contribution in [0.25, 0.3) is 6.08 Å². The van der Waals surface area contributed by atoms with Crippen LogP contribution in [0.4, 0.5) is 5.69 Å². The molecule has 0 unspecified atom stereocenters. The first kappa shape index (κ1) is 16.2. The maximum absolute atomic E-state index is 12.1. The second-order valence-corrected chi connectivity index (χ2v) is 4.55. The summed E-state index contributed by atoms with van der Waals surface area (Å²) in [7, 11) is 1.38. The number of hydrogen-bond acceptors (Lipinski definition) is 5. The van der Waals surface area contributed by atoms with Crippen molar-refractivity contribution >= 4 is 17.7 Å². The standard InChI is InChI=1S/C17H15NO5/c1-22-16-10-9-14(18(20)21)12-15(16)17(19)23-11-5-8-13-6-3-2-4-7-13/h2-10,12H,11H2,1H3/b8-5+. The summed E-state index contributed by atoms with van der Waals surface area (Å²) in [6, 6.07) is 13.3. The van der Waals surface area contributed by atoms with Crippen molar-refractivity contribution < 1.29 is 19.2 Å². The number of esters is 1. The molecule has 0 spiro atoms. The Balaban J connectivity index is 2.04. The van der Waals surface area contributed by atoms with Crippen molar-refractivity contribution in [3.05, 3.63) is 75.8 Å².